The van der Waals surface area contributed by atoms with E-state index in [0.717, 1.165) is 25.0 Å². The van der Waals surface area contributed by atoms with Crippen LogP contribution in [0.25, 0.3) is 0 Å². The van der Waals surface area contributed by atoms with Crippen molar-refractivity contribution in [2.45, 2.75) is 6.04 Å². The van der Waals surface area contributed by atoms with Crippen LogP contribution in [-0.4, -0.2) is 5.91 Å². The third kappa shape index (κ3) is 2.66. The number of benzene rings is 2. The molecular weight excluding hydrogens is 454 g/mol. The van der Waals surface area contributed by atoms with Crippen molar-refractivity contribution in [1.82, 2.24) is 0 Å². The van der Waals surface area contributed by atoms with Crippen LogP contribution in [0.5, 0.6) is 0 Å². The summed E-state index contributed by atoms with van der Waals surface area (Å²) in [6.07, 6.45) is 0. The minimum atomic E-state index is -0.421. The standard InChI is InChI=1S/C14H9BrClIN2O/c15-7-1-3-9-12(5-7)19-14(20)13(9)18-11-4-2-8(17)6-10(11)16/h1-6,13,18H,(H,19,20). The van der Waals surface area contributed by atoms with Crippen LogP contribution in [0.3, 0.4) is 0 Å². The first-order chi connectivity index (χ1) is 9.54. The fraction of sp³-hybridized carbons (Fsp3) is 0.0714. The van der Waals surface area contributed by atoms with Crippen LogP contribution in [0.4, 0.5) is 11.4 Å². The molecule has 102 valence electrons. The Balaban J connectivity index is 1.94. The highest BCUT2D eigenvalue weighted by atomic mass is 127. The van der Waals surface area contributed by atoms with Crippen molar-refractivity contribution in [3.05, 3.63) is 55.0 Å². The van der Waals surface area contributed by atoms with Gasteiger partial charge in [0.2, 0.25) is 0 Å². The molecule has 1 unspecified atom stereocenters. The lowest BCUT2D eigenvalue weighted by atomic mass is 10.1. The molecule has 3 nitrogen and oxygen atoms in total. The summed E-state index contributed by atoms with van der Waals surface area (Å²) in [5.41, 5.74) is 2.50. The molecule has 0 aliphatic carbocycles. The number of amides is 1. The Morgan fingerprint density at radius 2 is 2.05 bits per heavy atom. The van der Waals surface area contributed by atoms with Gasteiger partial charge in [0.15, 0.2) is 0 Å². The van der Waals surface area contributed by atoms with Crippen molar-refractivity contribution in [3.63, 3.8) is 0 Å². The molecule has 0 fully saturated rings. The molecule has 0 radical (unpaired) electrons. The molecule has 0 saturated heterocycles. The molecule has 20 heavy (non-hydrogen) atoms. The molecule has 0 aromatic heterocycles. The van der Waals surface area contributed by atoms with Crippen LogP contribution < -0.4 is 10.6 Å². The van der Waals surface area contributed by atoms with E-state index in [1.165, 1.54) is 0 Å². The van der Waals surface area contributed by atoms with E-state index in [1.807, 2.05) is 36.4 Å². The number of anilines is 2. The van der Waals surface area contributed by atoms with Crippen molar-refractivity contribution in [2.75, 3.05) is 10.6 Å². The van der Waals surface area contributed by atoms with Crippen LogP contribution in [0.1, 0.15) is 11.6 Å². The number of nitrogens with one attached hydrogen (secondary N) is 2. The van der Waals surface area contributed by atoms with E-state index >= 15 is 0 Å². The third-order valence-corrected chi connectivity index (χ3v) is 4.55. The van der Waals surface area contributed by atoms with E-state index in [0.29, 0.717) is 5.02 Å². The van der Waals surface area contributed by atoms with Gasteiger partial charge in [0.05, 0.1) is 10.7 Å². The quantitative estimate of drug-likeness (QED) is 0.628. The van der Waals surface area contributed by atoms with Crippen LogP contribution >= 0.6 is 50.1 Å². The molecule has 1 atom stereocenters. The van der Waals surface area contributed by atoms with E-state index < -0.39 is 6.04 Å². The molecule has 1 aliphatic heterocycles. The molecule has 2 N–H and O–H groups in total. The zero-order chi connectivity index (χ0) is 14.3. The van der Waals surface area contributed by atoms with Gasteiger partial charge in [0.25, 0.3) is 5.91 Å². The van der Waals surface area contributed by atoms with Crippen molar-refractivity contribution in [3.8, 4) is 0 Å². The molecule has 0 bridgehead atoms. The van der Waals surface area contributed by atoms with Crippen molar-refractivity contribution >= 4 is 67.4 Å². The van der Waals surface area contributed by atoms with E-state index in [4.69, 9.17) is 11.6 Å². The van der Waals surface area contributed by atoms with Crippen LogP contribution in [0, 0.1) is 3.57 Å². The average Bonchev–Trinajstić information content (AvgIpc) is 2.68. The second kappa shape index (κ2) is 5.54. The molecule has 1 aliphatic rings. The number of carbonyl (C=O) groups excluding carboxylic acids is 1. The Kier molecular flexibility index (Phi) is 3.92. The number of hydrogen-bond donors (Lipinski definition) is 2. The van der Waals surface area contributed by atoms with Gasteiger partial charge in [-0.05, 0) is 52.9 Å². The van der Waals surface area contributed by atoms with Crippen LogP contribution in [0.2, 0.25) is 5.02 Å². The number of carbonyl (C=O) groups is 1. The zero-order valence-corrected chi connectivity index (χ0v) is 14.6. The Morgan fingerprint density at radius 1 is 1.25 bits per heavy atom. The van der Waals surface area contributed by atoms with E-state index in [9.17, 15) is 4.79 Å². The van der Waals surface area contributed by atoms with Crippen molar-refractivity contribution < 1.29 is 4.79 Å². The molecular formula is C14H9BrClIN2O. The molecule has 2 aromatic rings. The lowest BCUT2D eigenvalue weighted by Gasteiger charge is -2.14. The normalized spacial score (nSPS) is 16.8. The lowest BCUT2D eigenvalue weighted by Crippen LogP contribution is -2.19. The first-order valence-corrected chi connectivity index (χ1v) is 8.11. The largest absolute Gasteiger partial charge is 0.369 e. The summed E-state index contributed by atoms with van der Waals surface area (Å²) in [4.78, 5) is 12.1. The Hall–Kier alpha value is -0.790. The molecule has 0 saturated carbocycles. The SMILES string of the molecule is O=C1Nc2cc(Br)ccc2C1Nc1ccc(I)cc1Cl. The smallest absolute Gasteiger partial charge is 0.251 e. The summed E-state index contributed by atoms with van der Waals surface area (Å²) >= 11 is 11.8. The first-order valence-electron chi connectivity index (χ1n) is 5.86. The second-order valence-electron chi connectivity index (χ2n) is 4.42. The van der Waals surface area contributed by atoms with Gasteiger partial charge in [-0.1, -0.05) is 33.6 Å². The van der Waals surface area contributed by atoms with Gasteiger partial charge >= 0.3 is 0 Å². The van der Waals surface area contributed by atoms with Gasteiger partial charge in [-0.15, -0.1) is 0 Å². The summed E-state index contributed by atoms with van der Waals surface area (Å²) in [7, 11) is 0. The predicted molar refractivity (Wildman–Crippen MR) is 93.3 cm³/mol. The van der Waals surface area contributed by atoms with Crippen LogP contribution in [-0.2, 0) is 4.79 Å². The highest BCUT2D eigenvalue weighted by molar-refractivity contribution is 14.1. The van der Waals surface area contributed by atoms with E-state index in [-0.39, 0.29) is 5.91 Å². The number of fused-ring (bicyclic) bond motifs is 1. The van der Waals surface area contributed by atoms with E-state index in [2.05, 4.69) is 49.2 Å². The molecule has 6 heteroatoms. The number of hydrogen-bond acceptors (Lipinski definition) is 2. The molecule has 3 rings (SSSR count). The maximum absolute atomic E-state index is 12.1. The fourth-order valence-electron chi connectivity index (χ4n) is 2.14. The minimum absolute atomic E-state index is 0.0762. The predicted octanol–water partition coefficient (Wildman–Crippen LogP) is 4.81. The van der Waals surface area contributed by atoms with Gasteiger partial charge in [0.1, 0.15) is 6.04 Å². The Bertz CT molecular complexity index is 708. The summed E-state index contributed by atoms with van der Waals surface area (Å²) < 4.78 is 1.99. The monoisotopic (exact) mass is 462 g/mol. The van der Waals surface area contributed by atoms with Crippen molar-refractivity contribution in [1.29, 1.82) is 0 Å². The molecule has 1 heterocycles. The summed E-state index contributed by atoms with van der Waals surface area (Å²) in [6.45, 7) is 0. The van der Waals surface area contributed by atoms with Gasteiger partial charge in [-0.3, -0.25) is 4.79 Å². The van der Waals surface area contributed by atoms with E-state index in [1.54, 1.807) is 0 Å². The summed E-state index contributed by atoms with van der Waals surface area (Å²) in [5.74, 6) is -0.0762. The number of rotatable bonds is 2. The first kappa shape index (κ1) is 14.2. The third-order valence-electron chi connectivity index (χ3n) is 3.08. The molecule has 1 amide bonds. The lowest BCUT2D eigenvalue weighted by molar-refractivity contribution is -0.116. The highest BCUT2D eigenvalue weighted by Crippen LogP contribution is 2.36. The summed E-state index contributed by atoms with van der Waals surface area (Å²) in [5, 5.41) is 6.67. The highest BCUT2D eigenvalue weighted by Gasteiger charge is 2.30. The maximum atomic E-state index is 12.1. The maximum Gasteiger partial charge on any atom is 0.251 e. The minimum Gasteiger partial charge on any atom is -0.369 e. The average molecular weight is 464 g/mol. The van der Waals surface area contributed by atoms with Crippen LogP contribution in [0.15, 0.2) is 40.9 Å². The van der Waals surface area contributed by atoms with Gasteiger partial charge < -0.3 is 10.6 Å². The summed E-state index contributed by atoms with van der Waals surface area (Å²) in [6, 6.07) is 11.0. The van der Waals surface area contributed by atoms with Crippen molar-refractivity contribution in [2.24, 2.45) is 0 Å². The Morgan fingerprint density at radius 3 is 2.80 bits per heavy atom. The molecule has 0 spiro atoms. The topological polar surface area (TPSA) is 41.1 Å². The zero-order valence-electron chi connectivity index (χ0n) is 10.1. The van der Waals surface area contributed by atoms with Gasteiger partial charge in [0, 0.05) is 19.3 Å². The number of halogens is 3. The van der Waals surface area contributed by atoms with Gasteiger partial charge in [-0.25, -0.2) is 0 Å². The Labute approximate surface area is 143 Å². The van der Waals surface area contributed by atoms with Gasteiger partial charge in [-0.2, -0.15) is 0 Å². The molecule has 2 aromatic carbocycles. The second-order valence-corrected chi connectivity index (χ2v) is 6.99. The fourth-order valence-corrected chi connectivity index (χ4v) is 3.41.